The van der Waals surface area contributed by atoms with Crippen molar-refractivity contribution in [1.29, 1.82) is 0 Å². The van der Waals surface area contributed by atoms with E-state index in [-0.39, 0.29) is 12.5 Å². The average Bonchev–Trinajstić information content (AvgIpc) is 2.85. The fourth-order valence-corrected chi connectivity index (χ4v) is 2.79. The fourth-order valence-electron chi connectivity index (χ4n) is 2.79. The standard InChI is InChI=1S/C15H17N3O3/c1-10-8-17-6-4-11(7-13(17)16-10)14(19)18-5-2-3-12(9-18)15(20)21/h4,6-8,12H,2-3,5,9H2,1H3,(H,20,21). The van der Waals surface area contributed by atoms with Crippen LogP contribution in [0.25, 0.3) is 5.65 Å². The first-order chi connectivity index (χ1) is 10.0. The highest BCUT2D eigenvalue weighted by molar-refractivity contribution is 5.95. The van der Waals surface area contributed by atoms with E-state index in [4.69, 9.17) is 5.11 Å². The Bertz CT molecular complexity index is 707. The van der Waals surface area contributed by atoms with E-state index in [1.165, 1.54) is 0 Å². The zero-order valence-electron chi connectivity index (χ0n) is 11.8. The SMILES string of the molecule is Cc1cn2ccc(C(=O)N3CCCC(C(=O)O)C3)cc2n1. The largest absolute Gasteiger partial charge is 0.481 e. The lowest BCUT2D eigenvalue weighted by Crippen LogP contribution is -2.42. The van der Waals surface area contributed by atoms with Crippen LogP contribution < -0.4 is 0 Å². The van der Waals surface area contributed by atoms with Crippen LogP contribution in [0.1, 0.15) is 28.9 Å². The van der Waals surface area contributed by atoms with E-state index in [9.17, 15) is 9.59 Å². The van der Waals surface area contributed by atoms with Gasteiger partial charge in [-0.15, -0.1) is 0 Å². The Balaban J connectivity index is 1.84. The number of rotatable bonds is 2. The number of aryl methyl sites for hydroxylation is 1. The van der Waals surface area contributed by atoms with Gasteiger partial charge in [0, 0.05) is 31.0 Å². The summed E-state index contributed by atoms with van der Waals surface area (Å²) < 4.78 is 1.86. The van der Waals surface area contributed by atoms with Crippen LogP contribution in [0.15, 0.2) is 24.5 Å². The van der Waals surface area contributed by atoms with Crippen molar-refractivity contribution in [3.63, 3.8) is 0 Å². The predicted octanol–water partition coefficient (Wildman–Crippen LogP) is 1.58. The van der Waals surface area contributed by atoms with Crippen molar-refractivity contribution in [2.75, 3.05) is 13.1 Å². The second-order valence-corrected chi connectivity index (χ2v) is 5.49. The lowest BCUT2D eigenvalue weighted by atomic mass is 9.98. The number of aliphatic carboxylic acids is 1. The van der Waals surface area contributed by atoms with Gasteiger partial charge in [-0.05, 0) is 31.9 Å². The van der Waals surface area contributed by atoms with Gasteiger partial charge < -0.3 is 14.4 Å². The number of nitrogens with zero attached hydrogens (tertiary/aromatic N) is 3. The number of carbonyl (C=O) groups is 2. The first-order valence-electron chi connectivity index (χ1n) is 7.02. The summed E-state index contributed by atoms with van der Waals surface area (Å²) in [5.41, 5.74) is 2.17. The maximum atomic E-state index is 12.5. The molecule has 110 valence electrons. The lowest BCUT2D eigenvalue weighted by molar-refractivity contribution is -0.143. The molecule has 0 aliphatic carbocycles. The minimum atomic E-state index is -0.827. The van der Waals surface area contributed by atoms with Crippen molar-refractivity contribution >= 4 is 17.5 Å². The van der Waals surface area contributed by atoms with Gasteiger partial charge in [0.2, 0.25) is 0 Å². The molecule has 3 heterocycles. The molecule has 2 aromatic rings. The third-order valence-electron chi connectivity index (χ3n) is 3.89. The molecule has 0 aromatic carbocycles. The molecule has 1 atom stereocenters. The number of hydrogen-bond donors (Lipinski definition) is 1. The Hall–Kier alpha value is -2.37. The van der Waals surface area contributed by atoms with Gasteiger partial charge in [0.05, 0.1) is 11.6 Å². The molecular formula is C15H17N3O3. The maximum Gasteiger partial charge on any atom is 0.308 e. The summed E-state index contributed by atoms with van der Waals surface area (Å²) in [5.74, 6) is -1.41. The van der Waals surface area contributed by atoms with E-state index in [0.29, 0.717) is 18.5 Å². The minimum Gasteiger partial charge on any atom is -0.481 e. The third-order valence-corrected chi connectivity index (χ3v) is 3.89. The van der Waals surface area contributed by atoms with Crippen LogP contribution in [0.4, 0.5) is 0 Å². The van der Waals surface area contributed by atoms with Crippen LogP contribution in [0.5, 0.6) is 0 Å². The number of amides is 1. The molecule has 1 aliphatic rings. The second-order valence-electron chi connectivity index (χ2n) is 5.49. The number of carbonyl (C=O) groups excluding carboxylic acids is 1. The van der Waals surface area contributed by atoms with Gasteiger partial charge in [-0.2, -0.15) is 0 Å². The molecule has 1 N–H and O–H groups in total. The number of imidazole rings is 1. The van der Waals surface area contributed by atoms with E-state index >= 15 is 0 Å². The fraction of sp³-hybridized carbons (Fsp3) is 0.400. The van der Waals surface area contributed by atoms with Crippen LogP contribution in [0.3, 0.4) is 0 Å². The van der Waals surface area contributed by atoms with Gasteiger partial charge in [0.25, 0.3) is 5.91 Å². The second kappa shape index (κ2) is 5.20. The van der Waals surface area contributed by atoms with Crippen molar-refractivity contribution in [3.05, 3.63) is 35.8 Å². The van der Waals surface area contributed by atoms with Gasteiger partial charge in [0.1, 0.15) is 5.65 Å². The molecule has 0 spiro atoms. The van der Waals surface area contributed by atoms with E-state index < -0.39 is 11.9 Å². The number of pyridine rings is 1. The van der Waals surface area contributed by atoms with Crippen LogP contribution in [0.2, 0.25) is 0 Å². The van der Waals surface area contributed by atoms with E-state index in [0.717, 1.165) is 17.8 Å². The van der Waals surface area contributed by atoms with Gasteiger partial charge in [-0.3, -0.25) is 9.59 Å². The maximum absolute atomic E-state index is 12.5. The number of carboxylic acids is 1. The lowest BCUT2D eigenvalue weighted by Gasteiger charge is -2.30. The molecule has 6 nitrogen and oxygen atoms in total. The molecule has 0 radical (unpaired) electrons. The number of fused-ring (bicyclic) bond motifs is 1. The zero-order chi connectivity index (χ0) is 15.0. The number of likely N-dealkylation sites (tertiary alicyclic amines) is 1. The Kier molecular flexibility index (Phi) is 3.37. The summed E-state index contributed by atoms with van der Waals surface area (Å²) in [6.45, 7) is 2.80. The van der Waals surface area contributed by atoms with Crippen molar-refractivity contribution < 1.29 is 14.7 Å². The van der Waals surface area contributed by atoms with Gasteiger partial charge in [0.15, 0.2) is 0 Å². The van der Waals surface area contributed by atoms with Crippen molar-refractivity contribution in [3.8, 4) is 0 Å². The molecule has 1 aliphatic heterocycles. The molecule has 0 bridgehead atoms. The van der Waals surface area contributed by atoms with E-state index in [2.05, 4.69) is 4.98 Å². The van der Waals surface area contributed by atoms with E-state index in [1.54, 1.807) is 23.2 Å². The predicted molar refractivity (Wildman–Crippen MR) is 76.2 cm³/mol. The Morgan fingerprint density at radius 2 is 2.24 bits per heavy atom. The monoisotopic (exact) mass is 287 g/mol. The molecule has 1 amide bonds. The molecule has 2 aromatic heterocycles. The molecule has 1 unspecified atom stereocenters. The van der Waals surface area contributed by atoms with Gasteiger partial charge >= 0.3 is 5.97 Å². The van der Waals surface area contributed by atoms with Gasteiger partial charge in [-0.25, -0.2) is 4.98 Å². The molecule has 1 fully saturated rings. The van der Waals surface area contributed by atoms with Crippen LogP contribution >= 0.6 is 0 Å². The highest BCUT2D eigenvalue weighted by atomic mass is 16.4. The normalized spacial score (nSPS) is 18.9. The molecule has 6 heteroatoms. The number of carboxylic acid groups (broad SMARTS) is 1. The number of hydrogen-bond acceptors (Lipinski definition) is 3. The van der Waals surface area contributed by atoms with Crippen molar-refractivity contribution in [2.45, 2.75) is 19.8 Å². The third kappa shape index (κ3) is 2.61. The first-order valence-corrected chi connectivity index (χ1v) is 7.02. The summed E-state index contributed by atoms with van der Waals surface area (Å²) in [6.07, 6.45) is 5.07. The number of aromatic nitrogens is 2. The molecule has 21 heavy (non-hydrogen) atoms. The quantitative estimate of drug-likeness (QED) is 0.910. The minimum absolute atomic E-state index is 0.121. The van der Waals surface area contributed by atoms with Crippen LogP contribution in [0, 0.1) is 12.8 Å². The van der Waals surface area contributed by atoms with Crippen LogP contribution in [-0.2, 0) is 4.79 Å². The van der Waals surface area contributed by atoms with Gasteiger partial charge in [-0.1, -0.05) is 0 Å². The summed E-state index contributed by atoms with van der Waals surface area (Å²) >= 11 is 0. The van der Waals surface area contributed by atoms with Crippen LogP contribution in [-0.4, -0.2) is 44.4 Å². The van der Waals surface area contributed by atoms with Crippen molar-refractivity contribution in [1.82, 2.24) is 14.3 Å². The molecule has 1 saturated heterocycles. The average molecular weight is 287 g/mol. The summed E-state index contributed by atoms with van der Waals surface area (Å²) in [5, 5.41) is 9.10. The summed E-state index contributed by atoms with van der Waals surface area (Å²) in [7, 11) is 0. The Labute approximate surface area is 122 Å². The summed E-state index contributed by atoms with van der Waals surface area (Å²) in [6, 6.07) is 3.50. The topological polar surface area (TPSA) is 74.9 Å². The molecule has 0 saturated carbocycles. The highest BCUT2D eigenvalue weighted by Crippen LogP contribution is 2.19. The smallest absolute Gasteiger partial charge is 0.308 e. The summed E-state index contributed by atoms with van der Waals surface area (Å²) in [4.78, 5) is 29.6. The molecular weight excluding hydrogens is 270 g/mol. The highest BCUT2D eigenvalue weighted by Gasteiger charge is 2.28. The molecule has 3 rings (SSSR count). The number of piperidine rings is 1. The van der Waals surface area contributed by atoms with Crippen molar-refractivity contribution in [2.24, 2.45) is 5.92 Å². The Morgan fingerprint density at radius 3 is 3.00 bits per heavy atom. The Morgan fingerprint density at radius 1 is 1.43 bits per heavy atom. The first kappa shape index (κ1) is 13.6. The zero-order valence-corrected chi connectivity index (χ0v) is 11.8. The van der Waals surface area contributed by atoms with E-state index in [1.807, 2.05) is 17.5 Å².